The smallest absolute Gasteiger partial charge is 0.287 e. The van der Waals surface area contributed by atoms with Crippen LogP contribution >= 0.6 is 0 Å². The second-order valence-corrected chi connectivity index (χ2v) is 5.19. The van der Waals surface area contributed by atoms with Gasteiger partial charge in [-0.1, -0.05) is 23.4 Å². The molecule has 0 unspecified atom stereocenters. The predicted octanol–water partition coefficient (Wildman–Crippen LogP) is 2.03. The monoisotopic (exact) mass is 357 g/mol. The molecule has 0 aliphatic rings. The highest BCUT2D eigenvalue weighted by molar-refractivity contribution is 6.10. The zero-order valence-corrected chi connectivity index (χ0v) is 13.3. The van der Waals surface area contributed by atoms with Crippen LogP contribution in [0.5, 0.6) is 0 Å². The minimum atomic E-state index is -1.02. The van der Waals surface area contributed by atoms with E-state index < -0.39 is 17.2 Å². The zero-order chi connectivity index (χ0) is 18.5. The Balaban J connectivity index is 1.96. The molecule has 0 aliphatic carbocycles. The number of rotatable bonds is 5. The van der Waals surface area contributed by atoms with Crippen LogP contribution in [0.1, 0.15) is 17.1 Å². The lowest BCUT2D eigenvalue weighted by Gasteiger charge is -2.03. The summed E-state index contributed by atoms with van der Waals surface area (Å²) in [5, 5.41) is 3.78. The fraction of sp³-hybridized carbons (Fsp3) is 0.0588. The average molecular weight is 357 g/mol. The lowest BCUT2D eigenvalue weighted by Crippen LogP contribution is -2.17. The summed E-state index contributed by atoms with van der Waals surface area (Å²) in [6.07, 6.45) is 3.49. The van der Waals surface area contributed by atoms with Gasteiger partial charge < -0.3 is 15.2 Å². The average Bonchev–Trinajstić information content (AvgIpc) is 3.16. The van der Waals surface area contributed by atoms with E-state index in [1.807, 2.05) is 0 Å². The summed E-state index contributed by atoms with van der Waals surface area (Å²) in [5.41, 5.74) is 6.01. The summed E-state index contributed by atoms with van der Waals surface area (Å²) in [5.74, 6) is -1.44. The number of nitrogens with zero attached hydrogens (tertiary/aromatic N) is 3. The third-order valence-electron chi connectivity index (χ3n) is 3.40. The zero-order valence-electron chi connectivity index (χ0n) is 13.3. The van der Waals surface area contributed by atoms with Crippen LogP contribution in [0.15, 0.2) is 63.2 Å². The predicted molar refractivity (Wildman–Crippen MR) is 90.1 cm³/mol. The van der Waals surface area contributed by atoms with Crippen LogP contribution in [-0.2, 0) is 6.54 Å². The number of hydrogen-bond acceptors (Lipinski definition) is 6. The van der Waals surface area contributed by atoms with Gasteiger partial charge in [-0.3, -0.25) is 9.79 Å². The lowest BCUT2D eigenvalue weighted by molar-refractivity contribution is 0.418. The molecule has 0 saturated carbocycles. The summed E-state index contributed by atoms with van der Waals surface area (Å²) in [6.45, 7) is 0.0337. The normalized spacial score (nSPS) is 12.4. The van der Waals surface area contributed by atoms with Gasteiger partial charge >= 0.3 is 0 Å². The Morgan fingerprint density at radius 2 is 2.08 bits per heavy atom. The van der Waals surface area contributed by atoms with Crippen molar-refractivity contribution >= 4 is 11.4 Å². The molecule has 0 saturated heterocycles. The molecular weight excluding hydrogens is 344 g/mol. The number of nitrogens with two attached hydrogens (primary N) is 1. The lowest BCUT2D eigenvalue weighted by atomic mass is 10.2. The van der Waals surface area contributed by atoms with E-state index >= 15 is 0 Å². The Morgan fingerprint density at radius 3 is 2.77 bits per heavy atom. The highest BCUT2D eigenvalue weighted by Crippen LogP contribution is 2.11. The van der Waals surface area contributed by atoms with Crippen LogP contribution in [0.2, 0.25) is 0 Å². The third-order valence-corrected chi connectivity index (χ3v) is 3.40. The molecule has 3 N–H and O–H groups in total. The molecule has 3 rings (SSSR count). The number of aromatic amines is 1. The highest BCUT2D eigenvalue weighted by atomic mass is 19.1. The van der Waals surface area contributed by atoms with Crippen LogP contribution in [0.25, 0.3) is 5.70 Å². The van der Waals surface area contributed by atoms with Crippen LogP contribution in [-0.4, -0.2) is 20.8 Å². The second-order valence-electron chi connectivity index (χ2n) is 5.19. The highest BCUT2D eigenvalue weighted by Gasteiger charge is 2.10. The minimum Gasteiger partial charge on any atom is -0.396 e. The maximum atomic E-state index is 13.8. The van der Waals surface area contributed by atoms with Crippen LogP contribution in [0.3, 0.4) is 0 Å². The minimum absolute atomic E-state index is 0.0254. The van der Waals surface area contributed by atoms with Gasteiger partial charge in [-0.05, 0) is 12.1 Å². The molecule has 0 aliphatic heterocycles. The quantitative estimate of drug-likeness (QED) is 0.679. The largest absolute Gasteiger partial charge is 0.396 e. The second kappa shape index (κ2) is 7.51. The number of allylic oxidation sites excluding steroid dienone is 1. The maximum absolute atomic E-state index is 13.8. The number of benzene rings is 1. The fourth-order valence-corrected chi connectivity index (χ4v) is 2.08. The molecule has 3 aromatic rings. The molecule has 0 bridgehead atoms. The Labute approximate surface area is 145 Å². The Morgan fingerprint density at radius 1 is 1.27 bits per heavy atom. The van der Waals surface area contributed by atoms with E-state index in [0.717, 1.165) is 6.20 Å². The van der Waals surface area contributed by atoms with Crippen molar-refractivity contribution in [1.82, 2.24) is 15.1 Å². The number of aliphatic imine (C=N–C) groups is 1. The van der Waals surface area contributed by atoms with Gasteiger partial charge in [0.2, 0.25) is 5.82 Å². The number of halogens is 2. The molecule has 132 valence electrons. The molecule has 2 heterocycles. The van der Waals surface area contributed by atoms with Crippen LogP contribution in [0, 0.1) is 11.6 Å². The van der Waals surface area contributed by atoms with Crippen molar-refractivity contribution in [2.24, 2.45) is 10.7 Å². The van der Waals surface area contributed by atoms with E-state index in [1.54, 1.807) is 24.3 Å². The first-order valence-electron chi connectivity index (χ1n) is 7.45. The van der Waals surface area contributed by atoms with E-state index in [0.29, 0.717) is 11.3 Å². The molecule has 26 heavy (non-hydrogen) atoms. The van der Waals surface area contributed by atoms with Crippen LogP contribution in [0.4, 0.5) is 8.78 Å². The first kappa shape index (κ1) is 17.2. The molecule has 0 radical (unpaired) electrons. The number of nitrogens with one attached hydrogen (secondary N) is 1. The van der Waals surface area contributed by atoms with E-state index in [4.69, 9.17) is 10.3 Å². The number of aromatic nitrogens is 3. The van der Waals surface area contributed by atoms with Gasteiger partial charge in [0.15, 0.2) is 5.82 Å². The summed E-state index contributed by atoms with van der Waals surface area (Å²) in [6, 6.07) is 7.75. The Bertz CT molecular complexity index is 1030. The van der Waals surface area contributed by atoms with Gasteiger partial charge in [0.05, 0.1) is 24.2 Å². The van der Waals surface area contributed by atoms with E-state index in [9.17, 15) is 13.6 Å². The van der Waals surface area contributed by atoms with Gasteiger partial charge in [-0.2, -0.15) is 4.39 Å². The van der Waals surface area contributed by atoms with Gasteiger partial charge in [0.1, 0.15) is 17.8 Å². The van der Waals surface area contributed by atoms with E-state index in [-0.39, 0.29) is 23.8 Å². The van der Waals surface area contributed by atoms with Gasteiger partial charge in [0.25, 0.3) is 5.56 Å². The van der Waals surface area contributed by atoms with Crippen molar-refractivity contribution in [3.8, 4) is 0 Å². The SMILES string of the molecule is NC(=CC(=NCc1ccccc1F)c1ccon1)c1ncc(F)c(=O)[nH]1. The summed E-state index contributed by atoms with van der Waals surface area (Å²) < 4.78 is 31.6. The fourth-order valence-electron chi connectivity index (χ4n) is 2.08. The molecule has 9 heteroatoms. The first-order chi connectivity index (χ1) is 12.5. The van der Waals surface area contributed by atoms with Gasteiger partial charge in [-0.15, -0.1) is 0 Å². The molecule has 0 atom stereocenters. The summed E-state index contributed by atoms with van der Waals surface area (Å²) in [4.78, 5) is 21.6. The third kappa shape index (κ3) is 3.89. The van der Waals surface area contributed by atoms with Crippen molar-refractivity contribution in [1.29, 1.82) is 0 Å². The first-order valence-corrected chi connectivity index (χ1v) is 7.45. The van der Waals surface area contributed by atoms with Crippen molar-refractivity contribution < 1.29 is 13.3 Å². The summed E-state index contributed by atoms with van der Waals surface area (Å²) in [7, 11) is 0. The Hall–Kier alpha value is -3.62. The maximum Gasteiger partial charge on any atom is 0.287 e. The van der Waals surface area contributed by atoms with E-state index in [1.165, 1.54) is 18.4 Å². The van der Waals surface area contributed by atoms with E-state index in [2.05, 4.69) is 20.1 Å². The van der Waals surface area contributed by atoms with Crippen molar-refractivity contribution in [3.05, 3.63) is 87.9 Å². The number of hydrogen-bond donors (Lipinski definition) is 2. The molecule has 0 fully saturated rings. The van der Waals surface area contributed by atoms with Crippen molar-refractivity contribution in [2.75, 3.05) is 0 Å². The molecule has 0 amide bonds. The van der Waals surface area contributed by atoms with Gasteiger partial charge in [-0.25, -0.2) is 9.37 Å². The van der Waals surface area contributed by atoms with Crippen molar-refractivity contribution in [3.63, 3.8) is 0 Å². The van der Waals surface area contributed by atoms with Gasteiger partial charge in [0, 0.05) is 11.6 Å². The molecule has 2 aromatic heterocycles. The standard InChI is InChI=1S/C17H13F2N5O2/c18-11-4-2-1-3-10(11)8-21-15(14-5-6-26-24-14)7-13(20)16-22-9-12(19)17(25)23-16/h1-7,9H,8,20H2,(H,22,23,25). The van der Waals surface area contributed by atoms with Crippen molar-refractivity contribution in [2.45, 2.75) is 6.54 Å². The topological polar surface area (TPSA) is 110 Å². The number of H-pyrrole nitrogens is 1. The Kier molecular flexibility index (Phi) is 4.97. The summed E-state index contributed by atoms with van der Waals surface area (Å²) >= 11 is 0. The molecule has 1 aromatic carbocycles. The molecule has 7 nitrogen and oxygen atoms in total. The van der Waals surface area contributed by atoms with Crippen LogP contribution < -0.4 is 11.3 Å². The molecule has 0 spiro atoms. The molecular formula is C17H13F2N5O2.